The number of nitrogens with one attached hydrogen (secondary N) is 2. The molecule has 0 aliphatic carbocycles. The zero-order valence-corrected chi connectivity index (χ0v) is 20.2. The van der Waals surface area contributed by atoms with Crippen molar-refractivity contribution in [2.24, 2.45) is 0 Å². The average Bonchev–Trinajstić information content (AvgIpc) is 3.14. The summed E-state index contributed by atoms with van der Waals surface area (Å²) in [6, 6.07) is 7.87. The molecule has 0 spiro atoms. The number of hydrogen-bond donors (Lipinski definition) is 2. The smallest absolute Gasteiger partial charge is 0.408 e. The lowest BCUT2D eigenvalue weighted by molar-refractivity contribution is -0.116. The summed E-state index contributed by atoms with van der Waals surface area (Å²) in [5.74, 6) is 0.833. The first-order valence-corrected chi connectivity index (χ1v) is 11.1. The minimum absolute atomic E-state index is 0.0528. The van der Waals surface area contributed by atoms with Crippen molar-refractivity contribution in [3.63, 3.8) is 0 Å². The van der Waals surface area contributed by atoms with Gasteiger partial charge in [0.25, 0.3) is 5.78 Å². The first-order valence-electron chi connectivity index (χ1n) is 11.1. The van der Waals surface area contributed by atoms with Crippen molar-refractivity contribution in [1.29, 1.82) is 0 Å². The maximum absolute atomic E-state index is 12.5. The third kappa shape index (κ3) is 6.50. The van der Waals surface area contributed by atoms with Crippen molar-refractivity contribution < 1.29 is 14.3 Å². The van der Waals surface area contributed by atoms with Gasteiger partial charge >= 0.3 is 6.09 Å². The minimum atomic E-state index is -0.578. The summed E-state index contributed by atoms with van der Waals surface area (Å²) >= 11 is 0. The topological polar surface area (TPSA) is 111 Å². The molecule has 2 heterocycles. The molecule has 0 aliphatic heterocycles. The fraction of sp³-hybridized carbons (Fsp3) is 0.458. The Balaban J connectivity index is 1.67. The number of hydrogen-bond acceptors (Lipinski definition) is 6. The Hall–Kier alpha value is -3.49. The maximum atomic E-state index is 12.5. The summed E-state index contributed by atoms with van der Waals surface area (Å²) < 4.78 is 6.89. The molecular weight excluding hydrogens is 420 g/mol. The van der Waals surface area contributed by atoms with Gasteiger partial charge in [0.15, 0.2) is 5.82 Å². The average molecular weight is 453 g/mol. The summed E-state index contributed by atoms with van der Waals surface area (Å²) in [5, 5.41) is 10.1. The zero-order chi connectivity index (χ0) is 24.2. The van der Waals surface area contributed by atoms with Crippen LogP contribution in [0.2, 0.25) is 0 Å². The van der Waals surface area contributed by atoms with Gasteiger partial charge in [-0.05, 0) is 70.7 Å². The van der Waals surface area contributed by atoms with Gasteiger partial charge in [0, 0.05) is 23.5 Å². The van der Waals surface area contributed by atoms with E-state index in [0.29, 0.717) is 24.4 Å². The number of carbonyl (C=O) groups is 2. The SMILES string of the molecule is CCc1cccc(NC(=O)CCc2c(C)nc3nc(CNC(=O)OC(C)(C)C)nn3c2C)c1. The van der Waals surface area contributed by atoms with E-state index >= 15 is 0 Å². The molecule has 9 heteroatoms. The number of ether oxygens (including phenoxy) is 1. The molecule has 3 aromatic rings. The Bertz CT molecular complexity index is 1160. The fourth-order valence-corrected chi connectivity index (χ4v) is 3.48. The molecule has 0 fully saturated rings. The number of rotatable bonds is 7. The highest BCUT2D eigenvalue weighted by Gasteiger charge is 2.18. The Kier molecular flexibility index (Phi) is 7.30. The van der Waals surface area contributed by atoms with E-state index in [2.05, 4.69) is 32.6 Å². The van der Waals surface area contributed by atoms with Crippen molar-refractivity contribution >= 4 is 23.5 Å². The molecule has 0 radical (unpaired) electrons. The van der Waals surface area contributed by atoms with Crippen LogP contribution in [0.4, 0.5) is 10.5 Å². The minimum Gasteiger partial charge on any atom is -0.444 e. The molecule has 2 amide bonds. The number of aryl methyl sites for hydroxylation is 3. The van der Waals surface area contributed by atoms with Crippen LogP contribution in [0.25, 0.3) is 5.78 Å². The monoisotopic (exact) mass is 452 g/mol. The molecule has 0 saturated carbocycles. The summed E-state index contributed by atoms with van der Waals surface area (Å²) in [6.45, 7) is 11.4. The van der Waals surface area contributed by atoms with Crippen molar-refractivity contribution in [3.05, 3.63) is 52.6 Å². The Morgan fingerprint density at radius 3 is 2.61 bits per heavy atom. The Labute approximate surface area is 194 Å². The van der Waals surface area contributed by atoms with Crippen LogP contribution < -0.4 is 10.6 Å². The second kappa shape index (κ2) is 9.97. The summed E-state index contributed by atoms with van der Waals surface area (Å²) in [4.78, 5) is 33.3. The lowest BCUT2D eigenvalue weighted by atomic mass is 10.1. The fourth-order valence-electron chi connectivity index (χ4n) is 3.48. The number of fused-ring (bicyclic) bond motifs is 1. The first kappa shape index (κ1) is 24.2. The third-order valence-corrected chi connectivity index (χ3v) is 5.10. The predicted octanol–water partition coefficient (Wildman–Crippen LogP) is 3.90. The molecule has 0 atom stereocenters. The van der Waals surface area contributed by atoms with Crippen LogP contribution in [-0.4, -0.2) is 37.2 Å². The molecular formula is C24H32N6O3. The van der Waals surface area contributed by atoms with E-state index in [4.69, 9.17) is 4.74 Å². The number of nitrogens with zero attached hydrogens (tertiary/aromatic N) is 4. The van der Waals surface area contributed by atoms with Gasteiger partial charge in [-0.3, -0.25) is 4.79 Å². The highest BCUT2D eigenvalue weighted by Crippen LogP contribution is 2.17. The molecule has 0 bridgehead atoms. The van der Waals surface area contributed by atoms with Crippen molar-refractivity contribution in [2.75, 3.05) is 5.32 Å². The molecule has 33 heavy (non-hydrogen) atoms. The third-order valence-electron chi connectivity index (χ3n) is 5.10. The molecule has 0 aliphatic rings. The molecule has 176 valence electrons. The molecule has 0 unspecified atom stereocenters. The van der Waals surface area contributed by atoms with Gasteiger partial charge in [-0.1, -0.05) is 19.1 Å². The van der Waals surface area contributed by atoms with Gasteiger partial charge in [0.05, 0.1) is 6.54 Å². The first-order chi connectivity index (χ1) is 15.6. The van der Waals surface area contributed by atoms with E-state index < -0.39 is 11.7 Å². The molecule has 1 aromatic carbocycles. The number of benzene rings is 1. The quantitative estimate of drug-likeness (QED) is 0.563. The van der Waals surface area contributed by atoms with E-state index in [1.54, 1.807) is 25.3 Å². The van der Waals surface area contributed by atoms with E-state index in [-0.39, 0.29) is 12.5 Å². The summed E-state index contributed by atoms with van der Waals surface area (Å²) in [6.07, 6.45) is 1.25. The van der Waals surface area contributed by atoms with Crippen LogP contribution >= 0.6 is 0 Å². The van der Waals surface area contributed by atoms with E-state index in [9.17, 15) is 9.59 Å². The van der Waals surface area contributed by atoms with Gasteiger partial charge in [0.2, 0.25) is 5.91 Å². The number of carbonyl (C=O) groups excluding carboxylic acids is 2. The largest absolute Gasteiger partial charge is 0.444 e. The summed E-state index contributed by atoms with van der Waals surface area (Å²) in [7, 11) is 0. The van der Waals surface area contributed by atoms with Gasteiger partial charge < -0.3 is 15.4 Å². The van der Waals surface area contributed by atoms with E-state index in [0.717, 1.165) is 29.1 Å². The second-order valence-electron chi connectivity index (χ2n) is 8.96. The Morgan fingerprint density at radius 2 is 1.91 bits per heavy atom. The molecule has 2 N–H and O–H groups in total. The highest BCUT2D eigenvalue weighted by atomic mass is 16.6. The number of amides is 2. The molecule has 0 saturated heterocycles. The standard InChI is InChI=1S/C24H32N6O3/c1-7-17-9-8-10-18(13-17)27-21(31)12-11-19-15(2)26-22-28-20(29-30(22)16(19)3)14-25-23(32)33-24(4,5)6/h8-10,13H,7,11-12,14H2,1-6H3,(H,25,32)(H,27,31). The van der Waals surface area contributed by atoms with Crippen LogP contribution in [0.5, 0.6) is 0 Å². The second-order valence-corrected chi connectivity index (χ2v) is 8.96. The normalized spacial score (nSPS) is 11.5. The highest BCUT2D eigenvalue weighted by molar-refractivity contribution is 5.90. The molecule has 3 rings (SSSR count). The van der Waals surface area contributed by atoms with Crippen molar-refractivity contribution in [3.8, 4) is 0 Å². The van der Waals surface area contributed by atoms with Crippen molar-refractivity contribution in [1.82, 2.24) is 24.9 Å². The van der Waals surface area contributed by atoms with Gasteiger partial charge in [-0.25, -0.2) is 14.3 Å². The summed E-state index contributed by atoms with van der Waals surface area (Å²) in [5.41, 5.74) is 4.04. The molecule has 2 aromatic heterocycles. The number of anilines is 1. The van der Waals surface area contributed by atoms with Crippen LogP contribution in [0.3, 0.4) is 0 Å². The van der Waals surface area contributed by atoms with Gasteiger partial charge in [0.1, 0.15) is 5.60 Å². The van der Waals surface area contributed by atoms with Crippen LogP contribution in [0.1, 0.15) is 62.5 Å². The number of alkyl carbamates (subject to hydrolysis) is 1. The molecule has 9 nitrogen and oxygen atoms in total. The van der Waals surface area contributed by atoms with E-state index in [1.807, 2.05) is 38.1 Å². The lowest BCUT2D eigenvalue weighted by Gasteiger charge is -2.19. The maximum Gasteiger partial charge on any atom is 0.408 e. The van der Waals surface area contributed by atoms with Gasteiger partial charge in [-0.2, -0.15) is 4.98 Å². The van der Waals surface area contributed by atoms with Crippen molar-refractivity contribution in [2.45, 2.75) is 73.0 Å². The van der Waals surface area contributed by atoms with E-state index in [1.165, 1.54) is 5.56 Å². The number of aromatic nitrogens is 4. The van der Waals surface area contributed by atoms with Gasteiger partial charge in [-0.15, -0.1) is 5.10 Å². The predicted molar refractivity (Wildman–Crippen MR) is 126 cm³/mol. The Morgan fingerprint density at radius 1 is 1.15 bits per heavy atom. The lowest BCUT2D eigenvalue weighted by Crippen LogP contribution is -2.32. The van der Waals surface area contributed by atoms with Crippen LogP contribution in [0, 0.1) is 13.8 Å². The zero-order valence-electron chi connectivity index (χ0n) is 20.2. The van der Waals surface area contributed by atoms with Crippen LogP contribution in [-0.2, 0) is 28.9 Å². The van der Waals surface area contributed by atoms with Crippen LogP contribution in [0.15, 0.2) is 24.3 Å².